The van der Waals surface area contributed by atoms with Crippen molar-refractivity contribution in [3.63, 3.8) is 0 Å². The van der Waals surface area contributed by atoms with Crippen molar-refractivity contribution >= 4 is 33.3 Å². The summed E-state index contributed by atoms with van der Waals surface area (Å²) in [5, 5.41) is 16.4. The molecule has 0 aliphatic carbocycles. The summed E-state index contributed by atoms with van der Waals surface area (Å²) in [5.74, 6) is -1.27. The van der Waals surface area contributed by atoms with E-state index in [9.17, 15) is 8.78 Å². The predicted octanol–water partition coefficient (Wildman–Crippen LogP) is 3.47. The molecule has 0 saturated heterocycles. The number of hydrazone groups is 1. The highest BCUT2D eigenvalue weighted by Crippen LogP contribution is 2.53. The second-order valence-corrected chi connectivity index (χ2v) is 9.87. The molecule has 0 bridgehead atoms. The molecular formula is C20H19F2N9S2. The lowest BCUT2D eigenvalue weighted by Gasteiger charge is -2.36. The van der Waals surface area contributed by atoms with E-state index in [0.717, 1.165) is 28.9 Å². The molecule has 1 aromatic carbocycles. The van der Waals surface area contributed by atoms with Crippen LogP contribution in [0.4, 0.5) is 13.9 Å². The quantitative estimate of drug-likeness (QED) is 0.364. The van der Waals surface area contributed by atoms with Gasteiger partial charge in [-0.15, -0.1) is 10.2 Å². The minimum atomic E-state index is -0.925. The molecule has 3 aromatic heterocycles. The van der Waals surface area contributed by atoms with Gasteiger partial charge in [0.15, 0.2) is 4.87 Å². The highest BCUT2D eigenvalue weighted by molar-refractivity contribution is 8.15. The van der Waals surface area contributed by atoms with Crippen LogP contribution in [0.5, 0.6) is 0 Å². The molecule has 0 radical (unpaired) electrons. The number of hydrogen-bond acceptors (Lipinski definition) is 9. The van der Waals surface area contributed by atoms with Gasteiger partial charge in [-0.25, -0.2) is 23.8 Å². The Bertz CT molecular complexity index is 1270. The number of rotatable bonds is 7. The molecule has 1 aliphatic heterocycles. The molecule has 0 saturated carbocycles. The molecule has 33 heavy (non-hydrogen) atoms. The summed E-state index contributed by atoms with van der Waals surface area (Å²) < 4.78 is 28.8. The number of anilines is 1. The first-order valence-corrected chi connectivity index (χ1v) is 11.6. The van der Waals surface area contributed by atoms with Crippen LogP contribution in [0.15, 0.2) is 48.3 Å². The Hall–Kier alpha value is -3.16. The van der Waals surface area contributed by atoms with E-state index in [1.54, 1.807) is 30.1 Å². The average Bonchev–Trinajstić information content (AvgIpc) is 3.60. The van der Waals surface area contributed by atoms with Crippen molar-refractivity contribution in [1.29, 1.82) is 0 Å². The molecule has 0 spiro atoms. The molecule has 2 atom stereocenters. The number of halogens is 2. The lowest BCUT2D eigenvalue weighted by Crippen LogP contribution is -2.40. The number of nitrogens with zero attached hydrogens (tertiary/aromatic N) is 6. The Morgan fingerprint density at radius 1 is 1.15 bits per heavy atom. The molecule has 5 rings (SSSR count). The maximum atomic E-state index is 14.7. The summed E-state index contributed by atoms with van der Waals surface area (Å²) in [4.78, 5) is 13.7. The van der Waals surface area contributed by atoms with Crippen LogP contribution in [0.3, 0.4) is 0 Å². The fraction of sp³-hybridized carbons (Fsp3) is 0.250. The van der Waals surface area contributed by atoms with Gasteiger partial charge in [0.1, 0.15) is 21.7 Å². The minimum Gasteiger partial charge on any atom is -0.348 e. The van der Waals surface area contributed by atoms with Crippen molar-refractivity contribution in [2.75, 3.05) is 11.6 Å². The fourth-order valence-electron chi connectivity index (χ4n) is 3.76. The Balaban J connectivity index is 1.67. The number of nitrogens with two attached hydrogens (primary N) is 1. The average molecular weight is 488 g/mol. The van der Waals surface area contributed by atoms with Crippen LogP contribution in [-0.4, -0.2) is 41.7 Å². The zero-order valence-electron chi connectivity index (χ0n) is 17.4. The van der Waals surface area contributed by atoms with Gasteiger partial charge < -0.3 is 15.7 Å². The lowest BCUT2D eigenvalue weighted by molar-refractivity contribution is 0.468. The van der Waals surface area contributed by atoms with Crippen molar-refractivity contribution in [3.8, 4) is 0 Å². The molecule has 0 amide bonds. The lowest BCUT2D eigenvalue weighted by atomic mass is 9.94. The third kappa shape index (κ3) is 3.92. The van der Waals surface area contributed by atoms with Gasteiger partial charge in [-0.3, -0.25) is 0 Å². The normalized spacial score (nSPS) is 19.2. The van der Waals surface area contributed by atoms with Gasteiger partial charge >= 0.3 is 0 Å². The van der Waals surface area contributed by atoms with E-state index in [4.69, 9.17) is 10.8 Å². The molecular weight excluding hydrogens is 468 g/mol. The highest BCUT2D eigenvalue weighted by Gasteiger charge is 2.50. The Morgan fingerprint density at radius 3 is 2.64 bits per heavy atom. The molecule has 4 heterocycles. The summed E-state index contributed by atoms with van der Waals surface area (Å²) >= 11 is 2.64. The topological polar surface area (TPSA) is 125 Å². The first kappa shape index (κ1) is 21.7. The number of imidazole rings is 2. The molecule has 13 heteroatoms. The largest absolute Gasteiger partial charge is 0.348 e. The van der Waals surface area contributed by atoms with Crippen molar-refractivity contribution in [3.05, 3.63) is 76.8 Å². The van der Waals surface area contributed by atoms with E-state index in [-0.39, 0.29) is 11.5 Å². The number of aryl methyl sites for hydroxylation is 1. The monoisotopic (exact) mass is 487 g/mol. The first-order chi connectivity index (χ1) is 16.0. The van der Waals surface area contributed by atoms with Crippen molar-refractivity contribution in [1.82, 2.24) is 30.1 Å². The third-order valence-corrected chi connectivity index (χ3v) is 7.55. The summed E-state index contributed by atoms with van der Waals surface area (Å²) in [6, 6.07) is 3.31. The number of H-pyrrole nitrogens is 2. The molecule has 9 nitrogen and oxygen atoms in total. The first-order valence-electron chi connectivity index (χ1n) is 10.0. The standard InChI is InChI=1S/C20H19F2N9S2/c1-11-28-29-19(32-11)31-20(17-8-25-10-27-17,5-12(6-23)16-7-24-9-26-16)33-18(30-31)14-4-13(21)2-3-15(14)22/h2-4,7-10,12H,5-6,23H2,1H3,(H,24,26)(H,25,27). The summed E-state index contributed by atoms with van der Waals surface area (Å²) in [6.45, 7) is 2.16. The SMILES string of the molecule is Cc1nnc(N2N=C(c3cc(F)ccc3F)SC2(CC(CN)c2cnc[nH]2)c2cnc[nH]2)s1. The third-order valence-electron chi connectivity index (χ3n) is 5.34. The van der Waals surface area contributed by atoms with Gasteiger partial charge in [-0.1, -0.05) is 23.1 Å². The van der Waals surface area contributed by atoms with Crippen molar-refractivity contribution in [2.45, 2.75) is 24.1 Å². The molecule has 4 N–H and O–H groups in total. The summed E-state index contributed by atoms with van der Waals surface area (Å²) in [5.41, 5.74) is 7.80. The number of thioether (sulfide) groups is 1. The van der Waals surface area contributed by atoms with E-state index in [0.29, 0.717) is 28.8 Å². The van der Waals surface area contributed by atoms with Crippen LogP contribution in [0.2, 0.25) is 0 Å². The van der Waals surface area contributed by atoms with Crippen LogP contribution in [0, 0.1) is 18.6 Å². The van der Waals surface area contributed by atoms with E-state index in [2.05, 4.69) is 30.1 Å². The Morgan fingerprint density at radius 2 is 1.97 bits per heavy atom. The van der Waals surface area contributed by atoms with Gasteiger partial charge in [-0.2, -0.15) is 5.10 Å². The number of hydrogen-bond donors (Lipinski definition) is 3. The maximum Gasteiger partial charge on any atom is 0.230 e. The zero-order chi connectivity index (χ0) is 23.0. The van der Waals surface area contributed by atoms with Crippen molar-refractivity contribution in [2.24, 2.45) is 10.8 Å². The van der Waals surface area contributed by atoms with E-state index < -0.39 is 16.5 Å². The predicted molar refractivity (Wildman–Crippen MR) is 123 cm³/mol. The van der Waals surface area contributed by atoms with Crippen LogP contribution in [0.25, 0.3) is 0 Å². The number of benzene rings is 1. The van der Waals surface area contributed by atoms with Crippen molar-refractivity contribution < 1.29 is 8.78 Å². The van der Waals surface area contributed by atoms with E-state index in [1.165, 1.54) is 23.1 Å². The molecule has 2 unspecified atom stereocenters. The van der Waals surface area contributed by atoms with Crippen LogP contribution in [0.1, 0.15) is 34.3 Å². The molecule has 0 fully saturated rings. The van der Waals surface area contributed by atoms with E-state index in [1.807, 2.05) is 6.92 Å². The van der Waals surface area contributed by atoms with Gasteiger partial charge in [0.05, 0.1) is 24.5 Å². The minimum absolute atomic E-state index is 0.0680. The van der Waals surface area contributed by atoms with Crippen LogP contribution >= 0.6 is 23.1 Å². The number of aromatic amines is 2. The summed E-state index contributed by atoms with van der Waals surface area (Å²) in [6.07, 6.45) is 7.02. The zero-order valence-corrected chi connectivity index (χ0v) is 19.0. The Kier molecular flexibility index (Phi) is 5.68. The molecule has 170 valence electrons. The molecule has 4 aromatic rings. The number of aromatic nitrogens is 6. The highest BCUT2D eigenvalue weighted by atomic mass is 32.2. The van der Waals surface area contributed by atoms with Gasteiger partial charge in [0.25, 0.3) is 0 Å². The van der Waals surface area contributed by atoms with Crippen LogP contribution < -0.4 is 10.7 Å². The van der Waals surface area contributed by atoms with Gasteiger partial charge in [-0.05, 0) is 31.5 Å². The maximum absolute atomic E-state index is 14.7. The second kappa shape index (κ2) is 8.65. The smallest absolute Gasteiger partial charge is 0.230 e. The van der Waals surface area contributed by atoms with E-state index >= 15 is 0 Å². The number of nitrogens with one attached hydrogen (secondary N) is 2. The van der Waals surface area contributed by atoms with Gasteiger partial charge in [0.2, 0.25) is 5.13 Å². The van der Waals surface area contributed by atoms with Gasteiger partial charge in [0, 0.05) is 29.9 Å². The molecule has 1 aliphatic rings. The summed E-state index contributed by atoms with van der Waals surface area (Å²) in [7, 11) is 0. The Labute approximate surface area is 195 Å². The fourth-order valence-corrected chi connectivity index (χ4v) is 5.95. The second-order valence-electron chi connectivity index (χ2n) is 7.44. The van der Waals surface area contributed by atoms with Crippen LogP contribution in [-0.2, 0) is 4.87 Å².